The third-order valence-corrected chi connectivity index (χ3v) is 20.6. The van der Waals surface area contributed by atoms with Crippen LogP contribution in [0.2, 0.25) is 0 Å². The molecule has 30 nitrogen and oxygen atoms in total. The molecular weight excluding hydrogens is 1380 g/mol. The molecule has 0 bridgehead atoms. The van der Waals surface area contributed by atoms with Crippen LogP contribution in [0.15, 0.2) is 115 Å². The number of hydrogen-bond acceptors (Lipinski definition) is 24. The van der Waals surface area contributed by atoms with Gasteiger partial charge >= 0.3 is 5.97 Å². The highest BCUT2D eigenvalue weighted by Crippen LogP contribution is 2.55. The second-order valence-corrected chi connectivity index (χ2v) is 30.4. The molecule has 3 aliphatic rings. The summed E-state index contributed by atoms with van der Waals surface area (Å²) in [6.07, 6.45) is 7.45. The van der Waals surface area contributed by atoms with Crippen LogP contribution in [0.25, 0.3) is 21.5 Å². The summed E-state index contributed by atoms with van der Waals surface area (Å²) in [4.78, 5) is 43.3. The Hall–Kier alpha value is -6.20. The number of benzene rings is 4. The Bertz CT molecular complexity index is 4260. The van der Waals surface area contributed by atoms with Crippen molar-refractivity contribution in [2.45, 2.75) is 96.1 Å². The Kier molecular flexibility index (Phi) is 27.2. The number of fused-ring (bicyclic) bond motifs is 6. The number of ether oxygens (including phenoxy) is 8. The summed E-state index contributed by atoms with van der Waals surface area (Å²) in [6, 6.07) is 9.06. The average molecular weight is 1460 g/mol. The van der Waals surface area contributed by atoms with Gasteiger partial charge in [0.25, 0.3) is 62.4 Å². The Morgan fingerprint density at radius 3 is 1.48 bits per heavy atom. The van der Waals surface area contributed by atoms with Gasteiger partial charge in [-0.2, -0.15) is 42.1 Å². The molecule has 2 amide bonds. The zero-order chi connectivity index (χ0) is 71.2. The minimum atomic E-state index is -5.22. The SMILES string of the molecule is COCCOCCOCCOCCN1C=C(/C=C/C(C)=C/C=C2/N(CCCC(=O)ON3C(=O)CCC3=O)c3ccc4c(S(=O)(=O)O)cc(S(=O)(=O)O)cc4c3C2(C)CCOCCOCCOCCOC)C(C)(CCCS(=O)(=O)O)c2c1ccc1c(S(=O)(=O)O)cc(S(=O)(=O)O)cc21. The predicted molar refractivity (Wildman–Crippen MR) is 351 cm³/mol. The van der Waals surface area contributed by atoms with E-state index in [2.05, 4.69) is 0 Å². The maximum absolute atomic E-state index is 13.3. The Morgan fingerprint density at radius 2 is 1.01 bits per heavy atom. The van der Waals surface area contributed by atoms with Crippen LogP contribution >= 0.6 is 0 Å². The Balaban J connectivity index is 1.37. The number of nitrogens with zero attached hydrogens (tertiary/aromatic N) is 3. The number of hydroxylamine groups is 2. The lowest BCUT2D eigenvalue weighted by atomic mass is 9.68. The molecule has 1 fully saturated rings. The molecule has 7 rings (SSSR count). The molecule has 4 aromatic carbocycles. The monoisotopic (exact) mass is 1460 g/mol. The standard InChI is InChI=1S/C62H81N3O27S5/c1-43(9-11-44-42-63(22-24-87-30-32-91-36-34-89-28-26-85-5)51-14-12-47-49(59(51)61(44,2)19-7-37-93(69,70)71)38-45(94(72,73)74)40-53(47)96(78,79)80)10-16-55-62(3,20-23-86-29-31-90-35-33-88-27-25-84-4)60-50-39-46(95(75,76)77)41-54(97(81,82)83)48(50)13-15-52(60)64(55)21-6-8-58(68)92-65-56(66)17-18-57(65)67/h9-16,38-42H,6-8,17-37H2,1-5H3,(H,69,70,71)(H,72,73,74)(H,75,76,77)(H,78,79,80)(H,81,82,83)/b11-9+,43-10+,55-16+. The molecule has 4 aromatic rings. The zero-order valence-corrected chi connectivity index (χ0v) is 58.2. The van der Waals surface area contributed by atoms with Crippen LogP contribution in [0.3, 0.4) is 0 Å². The van der Waals surface area contributed by atoms with Crippen LogP contribution in [0.1, 0.15) is 76.8 Å². The molecule has 97 heavy (non-hydrogen) atoms. The maximum Gasteiger partial charge on any atom is 0.333 e. The van der Waals surface area contributed by atoms with Crippen molar-refractivity contribution in [2.75, 3.05) is 135 Å². The van der Waals surface area contributed by atoms with Crippen LogP contribution < -0.4 is 9.80 Å². The van der Waals surface area contributed by atoms with E-state index in [9.17, 15) is 79.2 Å². The number of allylic oxidation sites excluding steroid dienone is 7. The van der Waals surface area contributed by atoms with Gasteiger partial charge in [0.1, 0.15) is 9.79 Å². The summed E-state index contributed by atoms with van der Waals surface area (Å²) >= 11 is 0. The van der Waals surface area contributed by atoms with Crippen molar-refractivity contribution in [3.63, 3.8) is 0 Å². The summed E-state index contributed by atoms with van der Waals surface area (Å²) < 4.78 is 225. The number of rotatable bonds is 40. The smallest absolute Gasteiger partial charge is 0.333 e. The lowest BCUT2D eigenvalue weighted by Gasteiger charge is -2.42. The van der Waals surface area contributed by atoms with Crippen LogP contribution in [0.5, 0.6) is 0 Å². The van der Waals surface area contributed by atoms with E-state index in [0.717, 1.165) is 12.1 Å². The molecule has 35 heteroatoms. The second kappa shape index (κ2) is 33.8. The Morgan fingerprint density at radius 1 is 0.546 bits per heavy atom. The number of amides is 2. The van der Waals surface area contributed by atoms with Gasteiger partial charge in [-0.15, -0.1) is 5.06 Å². The van der Waals surface area contributed by atoms with Gasteiger partial charge in [0.05, 0.1) is 101 Å². The van der Waals surface area contributed by atoms with E-state index in [0.29, 0.717) is 84.0 Å². The molecule has 0 aromatic heterocycles. The fourth-order valence-electron chi connectivity index (χ4n) is 11.7. The number of hydrogen-bond donors (Lipinski definition) is 5. The first-order valence-corrected chi connectivity index (χ1v) is 37.9. The molecule has 2 unspecified atom stereocenters. The molecule has 0 radical (unpaired) electrons. The van der Waals surface area contributed by atoms with E-state index in [1.54, 1.807) is 68.2 Å². The van der Waals surface area contributed by atoms with Crippen molar-refractivity contribution in [2.24, 2.45) is 0 Å². The second-order valence-electron chi connectivity index (χ2n) is 23.2. The molecule has 3 aliphatic heterocycles. The molecular formula is C62H81N3O27S5. The van der Waals surface area contributed by atoms with E-state index in [-0.39, 0.29) is 145 Å². The summed E-state index contributed by atoms with van der Waals surface area (Å²) in [6.45, 7) is 8.33. The van der Waals surface area contributed by atoms with Crippen molar-refractivity contribution >= 4 is 101 Å². The first kappa shape index (κ1) is 78.1. The summed E-state index contributed by atoms with van der Waals surface area (Å²) in [7, 11) is -22.3. The minimum absolute atomic E-state index is 0.0225. The highest BCUT2D eigenvalue weighted by molar-refractivity contribution is 7.87. The number of imide groups is 1. The normalized spacial score (nSPS) is 18.5. The van der Waals surface area contributed by atoms with Gasteiger partial charge in [0, 0.05) is 98.1 Å². The van der Waals surface area contributed by atoms with Crippen molar-refractivity contribution in [3.05, 3.63) is 107 Å². The lowest BCUT2D eigenvalue weighted by Crippen LogP contribution is -2.36. The van der Waals surface area contributed by atoms with Gasteiger partial charge in [-0.3, -0.25) is 32.4 Å². The minimum Gasteiger partial charge on any atom is -0.382 e. The van der Waals surface area contributed by atoms with E-state index >= 15 is 0 Å². The number of carbonyl (C=O) groups is 3. The van der Waals surface area contributed by atoms with Crippen LogP contribution in [-0.2, 0) is 119 Å². The van der Waals surface area contributed by atoms with Crippen LogP contribution in [0, 0.1) is 0 Å². The Labute approximate surface area is 563 Å². The highest BCUT2D eigenvalue weighted by atomic mass is 32.2. The fraction of sp³-hybridized carbons (Fsp3) is 0.500. The molecule has 3 heterocycles. The van der Waals surface area contributed by atoms with Crippen molar-refractivity contribution in [1.82, 2.24) is 5.06 Å². The van der Waals surface area contributed by atoms with E-state index in [4.69, 9.17) is 42.7 Å². The van der Waals surface area contributed by atoms with Gasteiger partial charge in [0.2, 0.25) is 0 Å². The van der Waals surface area contributed by atoms with Gasteiger partial charge in [-0.25, -0.2) is 4.79 Å². The number of anilines is 2. The highest BCUT2D eigenvalue weighted by Gasteiger charge is 2.46. The summed E-state index contributed by atoms with van der Waals surface area (Å²) in [5.74, 6) is -3.08. The lowest BCUT2D eigenvalue weighted by molar-refractivity contribution is -0.197. The molecule has 0 aliphatic carbocycles. The summed E-state index contributed by atoms with van der Waals surface area (Å²) in [5.41, 5.74) is -0.260. The van der Waals surface area contributed by atoms with Crippen molar-refractivity contribution in [1.29, 1.82) is 0 Å². The molecule has 1 saturated heterocycles. The summed E-state index contributed by atoms with van der Waals surface area (Å²) in [5, 5.41) is -0.00499. The molecule has 0 spiro atoms. The molecule has 5 N–H and O–H groups in total. The van der Waals surface area contributed by atoms with Gasteiger partial charge in [-0.05, 0) is 109 Å². The number of carbonyl (C=O) groups excluding carboxylic acids is 3. The van der Waals surface area contributed by atoms with E-state index in [1.165, 1.54) is 31.4 Å². The third kappa shape index (κ3) is 20.5. The van der Waals surface area contributed by atoms with Crippen molar-refractivity contribution < 1.29 is 122 Å². The first-order valence-electron chi connectivity index (χ1n) is 30.6. The topological polar surface area (TPSA) is 416 Å². The van der Waals surface area contributed by atoms with Crippen molar-refractivity contribution in [3.8, 4) is 0 Å². The van der Waals surface area contributed by atoms with Crippen LogP contribution in [-0.4, -0.2) is 213 Å². The molecule has 536 valence electrons. The largest absolute Gasteiger partial charge is 0.382 e. The fourth-order valence-corrected chi connectivity index (χ4v) is 14.9. The van der Waals surface area contributed by atoms with Crippen LogP contribution in [0.4, 0.5) is 11.4 Å². The molecule has 2 atom stereocenters. The quantitative estimate of drug-likeness (QED) is 0.0149. The third-order valence-electron chi connectivity index (χ3n) is 16.4. The van der Waals surface area contributed by atoms with Gasteiger partial charge < -0.3 is 52.5 Å². The number of methoxy groups -OCH3 is 2. The van der Waals surface area contributed by atoms with Gasteiger partial charge in [-0.1, -0.05) is 42.9 Å². The first-order chi connectivity index (χ1) is 45.6. The predicted octanol–water partition coefficient (Wildman–Crippen LogP) is 5.94. The average Bonchev–Trinajstić information content (AvgIpc) is 1.71. The maximum atomic E-state index is 13.3. The van der Waals surface area contributed by atoms with E-state index in [1.807, 2.05) is 0 Å². The van der Waals surface area contributed by atoms with E-state index < -0.39 is 105 Å². The van der Waals surface area contributed by atoms with Gasteiger partial charge in [0.15, 0.2) is 0 Å². The zero-order valence-electron chi connectivity index (χ0n) is 54.1. The molecule has 0 saturated carbocycles.